The normalized spacial score (nSPS) is 12.1. The Morgan fingerprint density at radius 3 is 2.63 bits per heavy atom. The van der Waals surface area contributed by atoms with Gasteiger partial charge in [0.25, 0.3) is 0 Å². The number of amides is 1. The molecule has 3 heteroatoms. The van der Waals surface area contributed by atoms with Crippen molar-refractivity contribution in [3.05, 3.63) is 35.9 Å². The first kappa shape index (κ1) is 15.7. The lowest BCUT2D eigenvalue weighted by Crippen LogP contribution is -2.26. The Labute approximate surface area is 116 Å². The fourth-order valence-corrected chi connectivity index (χ4v) is 1.95. The molecule has 19 heavy (non-hydrogen) atoms. The molecule has 1 aromatic rings. The third kappa shape index (κ3) is 8.38. The van der Waals surface area contributed by atoms with Gasteiger partial charge in [0.05, 0.1) is 0 Å². The third-order valence-corrected chi connectivity index (χ3v) is 3.13. The first-order chi connectivity index (χ1) is 9.18. The Kier molecular flexibility index (Phi) is 7.91. The molecule has 106 valence electrons. The smallest absolute Gasteiger partial charge is 0.220 e. The number of rotatable bonds is 9. The number of benzene rings is 1. The van der Waals surface area contributed by atoms with Crippen molar-refractivity contribution in [1.29, 1.82) is 0 Å². The number of carbonyl (C=O) groups is 1. The number of carbonyl (C=O) groups excluding carboxylic acids is 1. The van der Waals surface area contributed by atoms with E-state index in [1.807, 2.05) is 13.0 Å². The van der Waals surface area contributed by atoms with Gasteiger partial charge in [-0.3, -0.25) is 4.79 Å². The zero-order valence-electron chi connectivity index (χ0n) is 11.9. The maximum absolute atomic E-state index is 11.4. The van der Waals surface area contributed by atoms with Gasteiger partial charge in [-0.2, -0.15) is 0 Å². The fraction of sp³-hybridized carbons (Fsp3) is 0.562. The summed E-state index contributed by atoms with van der Waals surface area (Å²) >= 11 is 0. The van der Waals surface area contributed by atoms with Crippen LogP contribution >= 0.6 is 0 Å². The van der Waals surface area contributed by atoms with Crippen molar-refractivity contribution >= 4 is 5.91 Å². The van der Waals surface area contributed by atoms with Gasteiger partial charge in [0.15, 0.2) is 0 Å². The zero-order valence-corrected chi connectivity index (χ0v) is 11.9. The van der Waals surface area contributed by atoms with Gasteiger partial charge < -0.3 is 11.1 Å². The van der Waals surface area contributed by atoms with Crippen LogP contribution in [0.3, 0.4) is 0 Å². The number of aryl methyl sites for hydroxylation is 1. The number of nitrogens with one attached hydrogen (secondary N) is 1. The van der Waals surface area contributed by atoms with Crippen molar-refractivity contribution in [3.8, 4) is 0 Å². The van der Waals surface area contributed by atoms with Crippen LogP contribution in [0.1, 0.15) is 44.6 Å². The van der Waals surface area contributed by atoms with Crippen molar-refractivity contribution < 1.29 is 4.79 Å². The lowest BCUT2D eigenvalue weighted by Gasteiger charge is -2.07. The van der Waals surface area contributed by atoms with Gasteiger partial charge in [-0.25, -0.2) is 0 Å². The molecule has 0 fully saturated rings. The number of hydrogen-bond acceptors (Lipinski definition) is 2. The second-order valence-corrected chi connectivity index (χ2v) is 5.16. The predicted molar refractivity (Wildman–Crippen MR) is 79.9 cm³/mol. The monoisotopic (exact) mass is 262 g/mol. The van der Waals surface area contributed by atoms with Crippen LogP contribution in [0.15, 0.2) is 30.3 Å². The molecule has 0 bridgehead atoms. The second-order valence-electron chi connectivity index (χ2n) is 5.16. The minimum atomic E-state index is 0.108. The van der Waals surface area contributed by atoms with E-state index in [1.165, 1.54) is 12.0 Å². The summed E-state index contributed by atoms with van der Waals surface area (Å²) in [5.74, 6) is 0.125. The Morgan fingerprint density at radius 1 is 1.21 bits per heavy atom. The van der Waals surface area contributed by atoms with Gasteiger partial charge >= 0.3 is 0 Å². The highest BCUT2D eigenvalue weighted by Crippen LogP contribution is 2.05. The van der Waals surface area contributed by atoms with E-state index >= 15 is 0 Å². The molecule has 1 amide bonds. The maximum atomic E-state index is 11.4. The van der Waals surface area contributed by atoms with Crippen molar-refractivity contribution in [2.24, 2.45) is 5.73 Å². The van der Waals surface area contributed by atoms with Crippen LogP contribution in [0.2, 0.25) is 0 Å². The number of hydrogen-bond donors (Lipinski definition) is 2. The van der Waals surface area contributed by atoms with E-state index in [0.29, 0.717) is 6.42 Å². The van der Waals surface area contributed by atoms with Gasteiger partial charge in [-0.15, -0.1) is 0 Å². The Morgan fingerprint density at radius 2 is 1.95 bits per heavy atom. The molecule has 0 aliphatic heterocycles. The summed E-state index contributed by atoms with van der Waals surface area (Å²) in [7, 11) is 0. The van der Waals surface area contributed by atoms with E-state index < -0.39 is 0 Å². The highest BCUT2D eigenvalue weighted by Gasteiger charge is 2.02. The molecule has 0 heterocycles. The van der Waals surface area contributed by atoms with E-state index in [0.717, 1.165) is 32.2 Å². The molecule has 0 radical (unpaired) electrons. The van der Waals surface area contributed by atoms with E-state index in [4.69, 9.17) is 5.73 Å². The average Bonchev–Trinajstić information content (AvgIpc) is 2.41. The summed E-state index contributed by atoms with van der Waals surface area (Å²) in [6.45, 7) is 2.71. The minimum Gasteiger partial charge on any atom is -0.356 e. The fourth-order valence-electron chi connectivity index (χ4n) is 1.95. The average molecular weight is 262 g/mol. The molecule has 0 aliphatic rings. The molecule has 1 unspecified atom stereocenters. The molecule has 0 saturated heterocycles. The van der Waals surface area contributed by atoms with Gasteiger partial charge in [0.2, 0.25) is 5.91 Å². The first-order valence-electron chi connectivity index (χ1n) is 7.24. The molecule has 1 rings (SSSR count). The largest absolute Gasteiger partial charge is 0.356 e. The van der Waals surface area contributed by atoms with E-state index in [2.05, 4.69) is 29.6 Å². The van der Waals surface area contributed by atoms with Crippen LogP contribution in [0.5, 0.6) is 0 Å². The van der Waals surface area contributed by atoms with Crippen LogP contribution in [-0.2, 0) is 11.2 Å². The van der Waals surface area contributed by atoms with Crippen molar-refractivity contribution in [1.82, 2.24) is 5.32 Å². The van der Waals surface area contributed by atoms with E-state index in [-0.39, 0.29) is 11.9 Å². The molecule has 3 N–H and O–H groups in total. The van der Waals surface area contributed by atoms with E-state index in [1.54, 1.807) is 0 Å². The first-order valence-corrected chi connectivity index (χ1v) is 7.24. The maximum Gasteiger partial charge on any atom is 0.220 e. The molecule has 0 spiro atoms. The Balaban J connectivity index is 1.95. The van der Waals surface area contributed by atoms with Crippen LogP contribution < -0.4 is 11.1 Å². The minimum absolute atomic E-state index is 0.108. The van der Waals surface area contributed by atoms with E-state index in [9.17, 15) is 4.79 Å². The van der Waals surface area contributed by atoms with Crippen LogP contribution in [0, 0.1) is 0 Å². The highest BCUT2D eigenvalue weighted by atomic mass is 16.1. The summed E-state index contributed by atoms with van der Waals surface area (Å²) in [6.07, 6.45) is 5.82. The summed E-state index contributed by atoms with van der Waals surface area (Å²) in [5.41, 5.74) is 7.00. The molecule has 1 aromatic carbocycles. The summed E-state index contributed by atoms with van der Waals surface area (Å²) in [5, 5.41) is 2.94. The van der Waals surface area contributed by atoms with Gasteiger partial charge in [0.1, 0.15) is 0 Å². The number of nitrogens with two attached hydrogens (primary N) is 1. The molecular formula is C16H26N2O. The molecule has 1 atom stereocenters. The SMILES string of the molecule is CC(N)CCC(=O)NCCCCCc1ccccc1. The van der Waals surface area contributed by atoms with Crippen LogP contribution in [0.25, 0.3) is 0 Å². The molecule has 0 aromatic heterocycles. The second kappa shape index (κ2) is 9.56. The third-order valence-electron chi connectivity index (χ3n) is 3.13. The Hall–Kier alpha value is -1.35. The molecule has 3 nitrogen and oxygen atoms in total. The van der Waals surface area contributed by atoms with Gasteiger partial charge in [-0.05, 0) is 38.2 Å². The summed E-state index contributed by atoms with van der Waals surface area (Å²) in [4.78, 5) is 11.4. The lowest BCUT2D eigenvalue weighted by molar-refractivity contribution is -0.121. The summed E-state index contributed by atoms with van der Waals surface area (Å²) < 4.78 is 0. The van der Waals surface area contributed by atoms with Crippen molar-refractivity contribution in [2.75, 3.05) is 6.54 Å². The van der Waals surface area contributed by atoms with Gasteiger partial charge in [0, 0.05) is 19.0 Å². The molecule has 0 aliphatic carbocycles. The van der Waals surface area contributed by atoms with Crippen LogP contribution in [0.4, 0.5) is 0 Å². The predicted octanol–water partition coefficient (Wildman–Crippen LogP) is 2.64. The standard InChI is InChI=1S/C16H26N2O/c1-14(17)11-12-16(19)18-13-7-3-6-10-15-8-4-2-5-9-15/h2,4-5,8-9,14H,3,6-7,10-13,17H2,1H3,(H,18,19). The highest BCUT2D eigenvalue weighted by molar-refractivity contribution is 5.75. The molecular weight excluding hydrogens is 236 g/mol. The van der Waals surface area contributed by atoms with Crippen LogP contribution in [-0.4, -0.2) is 18.5 Å². The quantitative estimate of drug-likeness (QED) is 0.672. The zero-order chi connectivity index (χ0) is 13.9. The topological polar surface area (TPSA) is 55.1 Å². The van der Waals surface area contributed by atoms with Crippen molar-refractivity contribution in [2.45, 2.75) is 51.5 Å². The molecule has 0 saturated carbocycles. The summed E-state index contributed by atoms with van der Waals surface area (Å²) in [6, 6.07) is 10.6. The van der Waals surface area contributed by atoms with Crippen molar-refractivity contribution in [3.63, 3.8) is 0 Å². The lowest BCUT2D eigenvalue weighted by atomic mass is 10.1. The van der Waals surface area contributed by atoms with Gasteiger partial charge in [-0.1, -0.05) is 36.8 Å². The Bertz CT molecular complexity index is 349. The number of unbranched alkanes of at least 4 members (excludes halogenated alkanes) is 2.